The summed E-state index contributed by atoms with van der Waals surface area (Å²) in [5.41, 5.74) is 0.256. The number of hydrogen-bond donors (Lipinski definition) is 2. The van der Waals surface area contributed by atoms with E-state index in [0.717, 1.165) is 25.5 Å². The number of anilines is 2. The van der Waals surface area contributed by atoms with Gasteiger partial charge in [0.05, 0.1) is 27.2 Å². The fourth-order valence-electron chi connectivity index (χ4n) is 3.54. The van der Waals surface area contributed by atoms with Crippen molar-refractivity contribution < 1.29 is 27.6 Å². The van der Waals surface area contributed by atoms with Crippen LogP contribution in [-0.4, -0.2) is 38.6 Å². The highest BCUT2D eigenvalue weighted by Gasteiger charge is 2.21. The molecule has 1 atom stereocenters. The number of rotatable bonds is 9. The van der Waals surface area contributed by atoms with Crippen LogP contribution in [-0.2, 0) is 14.8 Å². The number of carbonyl (C=O) groups excluding carboxylic acids is 1. The first-order chi connectivity index (χ1) is 16.8. The third-order valence-electron chi connectivity index (χ3n) is 5.33. The fraction of sp³-hybridized carbons (Fsp3) is 0.208. The second-order valence-corrected chi connectivity index (χ2v) is 9.51. The lowest BCUT2D eigenvalue weighted by Gasteiger charge is -2.14. The Morgan fingerprint density at radius 3 is 2.57 bits per heavy atom. The van der Waals surface area contributed by atoms with Gasteiger partial charge in [-0.15, -0.1) is 0 Å². The summed E-state index contributed by atoms with van der Waals surface area (Å²) < 4.78 is 39.2. The average molecular weight is 498 g/mol. The van der Waals surface area contributed by atoms with E-state index in [1.807, 2.05) is 0 Å². The zero-order valence-corrected chi connectivity index (χ0v) is 19.4. The molecular weight excluding hydrogens is 474 g/mol. The molecule has 0 aromatic heterocycles. The van der Waals surface area contributed by atoms with E-state index < -0.39 is 20.9 Å². The van der Waals surface area contributed by atoms with Gasteiger partial charge in [-0.25, -0.2) is 8.42 Å². The van der Waals surface area contributed by atoms with E-state index >= 15 is 0 Å². The molecule has 35 heavy (non-hydrogen) atoms. The summed E-state index contributed by atoms with van der Waals surface area (Å²) in [6.45, 7) is 1.21. The third-order valence-corrected chi connectivity index (χ3v) is 6.69. The van der Waals surface area contributed by atoms with Crippen LogP contribution in [0.3, 0.4) is 0 Å². The summed E-state index contributed by atoms with van der Waals surface area (Å²) in [7, 11) is -4.18. The summed E-state index contributed by atoms with van der Waals surface area (Å²) in [6, 6.07) is 17.5. The Balaban J connectivity index is 1.45. The smallest absolute Gasteiger partial charge is 0.270 e. The molecule has 1 fully saturated rings. The standard InChI is InChI=1S/C24H23N3O7S/c28-24(25-17-10-12-19(13-11-17)34-16-20-6-4-14-33-20)22-8-1-2-9-23(22)26-35(31,32)21-7-3-5-18(15-21)27(29)30/h1-3,5,7-13,15,20,26H,4,6,14,16H2,(H,25,28). The molecule has 0 spiro atoms. The molecule has 11 heteroatoms. The Morgan fingerprint density at radius 1 is 1.09 bits per heavy atom. The van der Waals surface area contributed by atoms with Crippen molar-refractivity contribution in [3.8, 4) is 5.75 Å². The first-order valence-electron chi connectivity index (χ1n) is 10.8. The predicted octanol–water partition coefficient (Wildman–Crippen LogP) is 4.21. The molecule has 1 aliphatic heterocycles. The lowest BCUT2D eigenvalue weighted by Crippen LogP contribution is -2.18. The monoisotopic (exact) mass is 497 g/mol. The van der Waals surface area contributed by atoms with Gasteiger partial charge >= 0.3 is 0 Å². The number of ether oxygens (including phenoxy) is 2. The van der Waals surface area contributed by atoms with Crippen LogP contribution < -0.4 is 14.8 Å². The van der Waals surface area contributed by atoms with Gasteiger partial charge < -0.3 is 14.8 Å². The molecule has 0 bridgehead atoms. The number of para-hydroxylation sites is 1. The van der Waals surface area contributed by atoms with Gasteiger partial charge in [0.1, 0.15) is 12.4 Å². The van der Waals surface area contributed by atoms with Crippen LogP contribution in [0.15, 0.2) is 77.7 Å². The quantitative estimate of drug-likeness (QED) is 0.334. The van der Waals surface area contributed by atoms with Crippen molar-refractivity contribution in [2.45, 2.75) is 23.8 Å². The molecule has 0 aliphatic carbocycles. The van der Waals surface area contributed by atoms with E-state index in [1.54, 1.807) is 36.4 Å². The number of carbonyl (C=O) groups is 1. The number of amides is 1. The van der Waals surface area contributed by atoms with Gasteiger partial charge in [0.15, 0.2) is 0 Å². The number of nitrogens with one attached hydrogen (secondary N) is 2. The van der Waals surface area contributed by atoms with E-state index in [2.05, 4.69) is 10.0 Å². The van der Waals surface area contributed by atoms with Gasteiger partial charge in [-0.1, -0.05) is 18.2 Å². The number of nitro benzene ring substituents is 1. The summed E-state index contributed by atoms with van der Waals surface area (Å²) >= 11 is 0. The predicted molar refractivity (Wildman–Crippen MR) is 129 cm³/mol. The van der Waals surface area contributed by atoms with Gasteiger partial charge in [-0.2, -0.15) is 0 Å². The van der Waals surface area contributed by atoms with Crippen LogP contribution in [0.25, 0.3) is 0 Å². The molecule has 4 rings (SSSR count). The Labute approximate surface area is 202 Å². The SMILES string of the molecule is O=C(Nc1ccc(OCC2CCCO2)cc1)c1ccccc1NS(=O)(=O)c1cccc([N+](=O)[O-])c1. The van der Waals surface area contributed by atoms with Crippen LogP contribution in [0.4, 0.5) is 17.1 Å². The van der Waals surface area contributed by atoms with Crippen molar-refractivity contribution in [2.24, 2.45) is 0 Å². The minimum atomic E-state index is -4.18. The second kappa shape index (κ2) is 10.5. The van der Waals surface area contributed by atoms with Crippen molar-refractivity contribution in [1.82, 2.24) is 0 Å². The normalized spacial score (nSPS) is 15.4. The maximum Gasteiger partial charge on any atom is 0.270 e. The maximum absolute atomic E-state index is 12.9. The zero-order chi connectivity index (χ0) is 24.8. The Morgan fingerprint density at radius 2 is 1.86 bits per heavy atom. The lowest BCUT2D eigenvalue weighted by atomic mass is 10.1. The van der Waals surface area contributed by atoms with Crippen LogP contribution in [0.5, 0.6) is 5.75 Å². The van der Waals surface area contributed by atoms with Gasteiger partial charge in [0.25, 0.3) is 21.6 Å². The van der Waals surface area contributed by atoms with E-state index in [-0.39, 0.29) is 27.9 Å². The molecule has 3 aromatic rings. The number of hydrogen-bond acceptors (Lipinski definition) is 7. The number of benzene rings is 3. The molecule has 1 amide bonds. The summed E-state index contributed by atoms with van der Waals surface area (Å²) in [6.07, 6.45) is 2.09. The molecule has 1 heterocycles. The molecule has 1 saturated heterocycles. The molecule has 10 nitrogen and oxygen atoms in total. The Hall–Kier alpha value is -3.96. The van der Waals surface area contributed by atoms with Crippen LogP contribution >= 0.6 is 0 Å². The number of non-ortho nitro benzene ring substituents is 1. The Bertz CT molecular complexity index is 1320. The Kier molecular flexibility index (Phi) is 7.28. The minimum Gasteiger partial charge on any atom is -0.491 e. The molecule has 182 valence electrons. The summed E-state index contributed by atoms with van der Waals surface area (Å²) in [4.78, 5) is 22.9. The topological polar surface area (TPSA) is 137 Å². The summed E-state index contributed by atoms with van der Waals surface area (Å²) in [5.74, 6) is 0.110. The lowest BCUT2D eigenvalue weighted by molar-refractivity contribution is -0.385. The van der Waals surface area contributed by atoms with E-state index in [0.29, 0.717) is 18.0 Å². The largest absolute Gasteiger partial charge is 0.491 e. The average Bonchev–Trinajstić information content (AvgIpc) is 3.37. The molecule has 0 radical (unpaired) electrons. The highest BCUT2D eigenvalue weighted by Crippen LogP contribution is 2.24. The first-order valence-corrected chi connectivity index (χ1v) is 12.3. The van der Waals surface area contributed by atoms with E-state index in [9.17, 15) is 23.3 Å². The van der Waals surface area contributed by atoms with Gasteiger partial charge in [0, 0.05) is 24.4 Å². The minimum absolute atomic E-state index is 0.0352. The zero-order valence-electron chi connectivity index (χ0n) is 18.5. The van der Waals surface area contributed by atoms with Gasteiger partial charge in [0.2, 0.25) is 0 Å². The van der Waals surface area contributed by atoms with Crippen LogP contribution in [0.2, 0.25) is 0 Å². The molecule has 1 unspecified atom stereocenters. The number of nitro groups is 1. The van der Waals surface area contributed by atoms with Gasteiger partial charge in [-0.05, 0) is 55.3 Å². The second-order valence-electron chi connectivity index (χ2n) is 7.83. The first kappa shape index (κ1) is 24.2. The van der Waals surface area contributed by atoms with Crippen molar-refractivity contribution >= 4 is 33.0 Å². The van der Waals surface area contributed by atoms with Crippen molar-refractivity contribution in [3.63, 3.8) is 0 Å². The van der Waals surface area contributed by atoms with Crippen molar-refractivity contribution in [1.29, 1.82) is 0 Å². The van der Waals surface area contributed by atoms with Crippen LogP contribution in [0, 0.1) is 10.1 Å². The van der Waals surface area contributed by atoms with Crippen molar-refractivity contribution in [3.05, 3.63) is 88.5 Å². The molecule has 3 aromatic carbocycles. The highest BCUT2D eigenvalue weighted by molar-refractivity contribution is 7.92. The third kappa shape index (κ3) is 6.14. The highest BCUT2D eigenvalue weighted by atomic mass is 32.2. The maximum atomic E-state index is 12.9. The van der Waals surface area contributed by atoms with E-state index in [1.165, 1.54) is 30.3 Å². The fourth-order valence-corrected chi connectivity index (χ4v) is 4.65. The van der Waals surface area contributed by atoms with E-state index in [4.69, 9.17) is 9.47 Å². The summed E-state index contributed by atoms with van der Waals surface area (Å²) in [5, 5.41) is 13.7. The van der Waals surface area contributed by atoms with Crippen molar-refractivity contribution in [2.75, 3.05) is 23.3 Å². The van der Waals surface area contributed by atoms with Gasteiger partial charge in [-0.3, -0.25) is 19.6 Å². The molecule has 0 saturated carbocycles. The number of nitrogens with zero attached hydrogens (tertiary/aromatic N) is 1. The molecular formula is C24H23N3O7S. The molecule has 2 N–H and O–H groups in total. The molecule has 1 aliphatic rings. The van der Waals surface area contributed by atoms with Crippen LogP contribution in [0.1, 0.15) is 23.2 Å². The number of sulfonamides is 1.